The molecule has 100 valence electrons. The maximum Gasteiger partial charge on any atom is 0.237 e. The lowest BCUT2D eigenvalue weighted by molar-refractivity contribution is 0.177. The maximum atomic E-state index is 5.91. The smallest absolute Gasteiger partial charge is 0.237 e. The van der Waals surface area contributed by atoms with Crippen molar-refractivity contribution in [3.63, 3.8) is 0 Å². The summed E-state index contributed by atoms with van der Waals surface area (Å²) in [5, 5.41) is 3.98. The molecule has 1 aliphatic rings. The van der Waals surface area contributed by atoms with Crippen LogP contribution in [0.3, 0.4) is 0 Å². The second-order valence-electron chi connectivity index (χ2n) is 4.97. The topological polar surface area (TPSA) is 74.2 Å². The molecule has 1 fully saturated rings. The van der Waals surface area contributed by atoms with Crippen LogP contribution in [-0.4, -0.2) is 23.9 Å². The van der Waals surface area contributed by atoms with Gasteiger partial charge < -0.3 is 15.0 Å². The van der Waals surface area contributed by atoms with Gasteiger partial charge in [0.1, 0.15) is 0 Å². The number of rotatable bonds is 5. The molecule has 1 aliphatic carbocycles. The fourth-order valence-electron chi connectivity index (χ4n) is 2.34. The van der Waals surface area contributed by atoms with Gasteiger partial charge in [0.15, 0.2) is 5.82 Å². The van der Waals surface area contributed by atoms with Gasteiger partial charge in [-0.2, -0.15) is 4.98 Å². The van der Waals surface area contributed by atoms with E-state index in [1.54, 1.807) is 7.11 Å². The number of aromatic nitrogens is 2. The summed E-state index contributed by atoms with van der Waals surface area (Å²) in [5.41, 5.74) is 7.04. The number of nitrogens with two attached hydrogens (primary N) is 1. The molecule has 0 aliphatic heterocycles. The summed E-state index contributed by atoms with van der Waals surface area (Å²) in [6.45, 7) is 0.386. The summed E-state index contributed by atoms with van der Waals surface area (Å²) in [6.07, 6.45) is 2.08. The van der Waals surface area contributed by atoms with E-state index in [9.17, 15) is 0 Å². The number of ether oxygens (including phenoxy) is 1. The van der Waals surface area contributed by atoms with Gasteiger partial charge in [-0.3, -0.25) is 0 Å². The minimum absolute atomic E-state index is 0.0979. The standard InChI is InChI=1S/C14H17N3O2/c1-18-9-11(15)12-16-13(19-17-12)14(7-8-14)10-5-3-2-4-6-10/h2-6,11H,7-9,15H2,1H3. The normalized spacial score (nSPS) is 18.2. The average Bonchev–Trinajstić information content (AvgIpc) is 3.10. The van der Waals surface area contributed by atoms with Crippen molar-refractivity contribution < 1.29 is 9.26 Å². The maximum absolute atomic E-state index is 5.91. The van der Waals surface area contributed by atoms with Crippen LogP contribution in [0.25, 0.3) is 0 Å². The van der Waals surface area contributed by atoms with Crippen LogP contribution in [-0.2, 0) is 10.2 Å². The number of nitrogens with zero attached hydrogens (tertiary/aromatic N) is 2. The van der Waals surface area contributed by atoms with Gasteiger partial charge in [-0.1, -0.05) is 35.5 Å². The molecule has 2 N–H and O–H groups in total. The minimum atomic E-state index is -0.339. The first kappa shape index (κ1) is 12.3. The summed E-state index contributed by atoms with van der Waals surface area (Å²) in [5.74, 6) is 1.18. The summed E-state index contributed by atoms with van der Waals surface area (Å²) < 4.78 is 10.4. The predicted molar refractivity (Wildman–Crippen MR) is 69.6 cm³/mol. The Balaban J connectivity index is 1.87. The van der Waals surface area contributed by atoms with Crippen LogP contribution in [0.4, 0.5) is 0 Å². The first-order valence-corrected chi connectivity index (χ1v) is 6.40. The van der Waals surface area contributed by atoms with Gasteiger partial charge in [0.25, 0.3) is 0 Å². The Morgan fingerprint density at radius 2 is 2.11 bits per heavy atom. The lowest BCUT2D eigenvalue weighted by Gasteiger charge is -2.09. The fourth-order valence-corrected chi connectivity index (χ4v) is 2.34. The summed E-state index contributed by atoms with van der Waals surface area (Å²) in [7, 11) is 1.60. The minimum Gasteiger partial charge on any atom is -0.383 e. The van der Waals surface area contributed by atoms with Crippen molar-refractivity contribution in [2.75, 3.05) is 13.7 Å². The van der Waals surface area contributed by atoms with Gasteiger partial charge in [-0.15, -0.1) is 0 Å². The fraction of sp³-hybridized carbons (Fsp3) is 0.429. The molecular weight excluding hydrogens is 242 g/mol. The number of hydrogen-bond donors (Lipinski definition) is 1. The molecular formula is C14H17N3O2. The molecule has 1 aromatic heterocycles. The second kappa shape index (κ2) is 4.75. The van der Waals surface area contributed by atoms with E-state index in [2.05, 4.69) is 22.3 Å². The Hall–Kier alpha value is -1.72. The highest BCUT2D eigenvalue weighted by Crippen LogP contribution is 2.52. The molecule has 3 rings (SSSR count). The van der Waals surface area contributed by atoms with E-state index in [1.165, 1.54) is 5.56 Å². The van der Waals surface area contributed by atoms with Gasteiger partial charge in [0.05, 0.1) is 18.1 Å². The zero-order chi connectivity index (χ0) is 13.3. The van der Waals surface area contributed by atoms with Crippen LogP contribution in [0.15, 0.2) is 34.9 Å². The molecule has 0 saturated heterocycles. The third-order valence-electron chi connectivity index (χ3n) is 3.61. The van der Waals surface area contributed by atoms with Crippen LogP contribution in [0, 0.1) is 0 Å². The van der Waals surface area contributed by atoms with Crippen molar-refractivity contribution in [2.45, 2.75) is 24.3 Å². The molecule has 5 nitrogen and oxygen atoms in total. The summed E-state index contributed by atoms with van der Waals surface area (Å²) in [6, 6.07) is 9.94. The zero-order valence-corrected chi connectivity index (χ0v) is 10.9. The Morgan fingerprint density at radius 1 is 1.37 bits per heavy atom. The van der Waals surface area contributed by atoms with Crippen LogP contribution < -0.4 is 5.73 Å². The quantitative estimate of drug-likeness (QED) is 0.886. The second-order valence-corrected chi connectivity index (χ2v) is 4.97. The average molecular weight is 259 g/mol. The molecule has 1 atom stereocenters. The zero-order valence-electron chi connectivity index (χ0n) is 10.9. The van der Waals surface area contributed by atoms with Gasteiger partial charge in [-0.25, -0.2) is 0 Å². The van der Waals surface area contributed by atoms with E-state index >= 15 is 0 Å². The first-order valence-electron chi connectivity index (χ1n) is 6.40. The largest absolute Gasteiger partial charge is 0.383 e. The van der Waals surface area contributed by atoms with Crippen molar-refractivity contribution >= 4 is 0 Å². The SMILES string of the molecule is COCC(N)c1noc(C2(c3ccccc3)CC2)n1. The highest BCUT2D eigenvalue weighted by atomic mass is 16.5. The van der Waals surface area contributed by atoms with Gasteiger partial charge in [0.2, 0.25) is 5.89 Å². The molecule has 0 radical (unpaired) electrons. The Morgan fingerprint density at radius 3 is 2.74 bits per heavy atom. The van der Waals surface area contributed by atoms with Gasteiger partial charge >= 0.3 is 0 Å². The molecule has 1 saturated carbocycles. The molecule has 0 amide bonds. The van der Waals surface area contributed by atoms with Crippen LogP contribution in [0.5, 0.6) is 0 Å². The third kappa shape index (κ3) is 2.15. The molecule has 1 aromatic carbocycles. The van der Waals surface area contributed by atoms with E-state index in [4.69, 9.17) is 15.0 Å². The predicted octanol–water partition coefficient (Wildman–Crippen LogP) is 1.80. The molecule has 1 unspecified atom stereocenters. The molecule has 5 heteroatoms. The van der Waals surface area contributed by atoms with Crippen molar-refractivity contribution in [1.82, 2.24) is 10.1 Å². The van der Waals surface area contributed by atoms with E-state index in [0.717, 1.165) is 12.8 Å². The van der Waals surface area contributed by atoms with Crippen LogP contribution in [0.2, 0.25) is 0 Å². The molecule has 2 aromatic rings. The van der Waals surface area contributed by atoms with E-state index in [1.807, 2.05) is 18.2 Å². The van der Waals surface area contributed by atoms with E-state index in [0.29, 0.717) is 18.3 Å². The molecule has 1 heterocycles. The molecule has 19 heavy (non-hydrogen) atoms. The lowest BCUT2D eigenvalue weighted by Crippen LogP contribution is -2.18. The summed E-state index contributed by atoms with van der Waals surface area (Å²) >= 11 is 0. The highest BCUT2D eigenvalue weighted by molar-refractivity contribution is 5.38. The molecule has 0 spiro atoms. The Kier molecular flexibility index (Phi) is 3.08. The van der Waals surface area contributed by atoms with Crippen LogP contribution >= 0.6 is 0 Å². The highest BCUT2D eigenvalue weighted by Gasteiger charge is 2.50. The Labute approximate surface area is 111 Å². The number of methoxy groups -OCH3 is 1. The van der Waals surface area contributed by atoms with Crippen LogP contribution in [0.1, 0.15) is 36.2 Å². The van der Waals surface area contributed by atoms with E-state index in [-0.39, 0.29) is 11.5 Å². The first-order chi connectivity index (χ1) is 9.26. The van der Waals surface area contributed by atoms with Gasteiger partial charge in [0, 0.05) is 7.11 Å². The Bertz CT molecular complexity index is 549. The molecule has 0 bridgehead atoms. The third-order valence-corrected chi connectivity index (χ3v) is 3.61. The van der Waals surface area contributed by atoms with E-state index < -0.39 is 0 Å². The lowest BCUT2D eigenvalue weighted by atomic mass is 9.96. The summed E-state index contributed by atoms with van der Waals surface area (Å²) in [4.78, 5) is 4.46. The monoisotopic (exact) mass is 259 g/mol. The number of benzene rings is 1. The van der Waals surface area contributed by atoms with Gasteiger partial charge in [-0.05, 0) is 18.4 Å². The van der Waals surface area contributed by atoms with Crippen molar-refractivity contribution in [2.24, 2.45) is 5.73 Å². The van der Waals surface area contributed by atoms with Crippen molar-refractivity contribution in [1.29, 1.82) is 0 Å². The van der Waals surface area contributed by atoms with Crippen molar-refractivity contribution in [3.8, 4) is 0 Å². The number of hydrogen-bond acceptors (Lipinski definition) is 5. The van der Waals surface area contributed by atoms with Crippen molar-refractivity contribution in [3.05, 3.63) is 47.6 Å².